The molecule has 21 heavy (non-hydrogen) atoms. The molecule has 0 saturated carbocycles. The van der Waals surface area contributed by atoms with Crippen molar-refractivity contribution >= 4 is 5.91 Å². The molecule has 2 aliphatic rings. The van der Waals surface area contributed by atoms with Gasteiger partial charge >= 0.3 is 0 Å². The number of aliphatic hydroxyl groups excluding tert-OH is 1. The molecular weight excluding hydrogens is 264 g/mol. The first kappa shape index (κ1) is 16.8. The summed E-state index contributed by atoms with van der Waals surface area (Å²) in [6.07, 6.45) is 5.28. The lowest BCUT2D eigenvalue weighted by molar-refractivity contribution is -0.143. The Morgan fingerprint density at radius 3 is 2.05 bits per heavy atom. The summed E-state index contributed by atoms with van der Waals surface area (Å²) in [6, 6.07) is 0.723. The van der Waals surface area contributed by atoms with Crippen molar-refractivity contribution in [3.8, 4) is 0 Å². The monoisotopic (exact) mass is 296 g/mol. The van der Waals surface area contributed by atoms with Crippen LogP contribution in [0.25, 0.3) is 0 Å². The van der Waals surface area contributed by atoms with E-state index in [0.717, 1.165) is 38.8 Å². The van der Waals surface area contributed by atoms with Crippen molar-refractivity contribution in [2.24, 2.45) is 5.92 Å². The predicted molar refractivity (Wildman–Crippen MR) is 85.1 cm³/mol. The van der Waals surface area contributed by atoms with Gasteiger partial charge in [-0.15, -0.1) is 0 Å². The maximum Gasteiger partial charge on any atom is 0.240 e. The minimum Gasteiger partial charge on any atom is -0.393 e. The van der Waals surface area contributed by atoms with E-state index in [1.54, 1.807) is 0 Å². The van der Waals surface area contributed by atoms with E-state index in [4.69, 9.17) is 0 Å². The first-order valence-electron chi connectivity index (χ1n) is 8.66. The lowest BCUT2D eigenvalue weighted by atomic mass is 9.91. The number of amides is 1. The van der Waals surface area contributed by atoms with E-state index in [1.165, 1.54) is 6.42 Å². The van der Waals surface area contributed by atoms with Crippen molar-refractivity contribution in [2.75, 3.05) is 13.1 Å². The third-order valence-electron chi connectivity index (χ3n) is 5.61. The quantitative estimate of drug-likeness (QED) is 0.869. The molecule has 2 rings (SSSR count). The Hall–Kier alpha value is -0.610. The largest absolute Gasteiger partial charge is 0.393 e. The average Bonchev–Trinajstić information content (AvgIpc) is 2.46. The number of carbonyl (C=O) groups is 1. The van der Waals surface area contributed by atoms with Crippen LogP contribution >= 0.6 is 0 Å². The van der Waals surface area contributed by atoms with Crippen LogP contribution in [0.2, 0.25) is 0 Å². The second kappa shape index (κ2) is 7.10. The van der Waals surface area contributed by atoms with Crippen LogP contribution in [0.3, 0.4) is 0 Å². The molecule has 0 radical (unpaired) electrons. The molecule has 4 nitrogen and oxygen atoms in total. The molecular formula is C17H32N2O2. The molecule has 1 amide bonds. The molecule has 0 bridgehead atoms. The van der Waals surface area contributed by atoms with Gasteiger partial charge in [0.15, 0.2) is 0 Å². The van der Waals surface area contributed by atoms with Gasteiger partial charge in [0.1, 0.15) is 0 Å². The Bertz CT molecular complexity index is 341. The van der Waals surface area contributed by atoms with Crippen molar-refractivity contribution in [3.05, 3.63) is 0 Å². The topological polar surface area (TPSA) is 43.8 Å². The summed E-state index contributed by atoms with van der Waals surface area (Å²) in [7, 11) is 0. The lowest BCUT2D eigenvalue weighted by Crippen LogP contribution is -2.56. The fourth-order valence-electron chi connectivity index (χ4n) is 4.02. The maximum atomic E-state index is 12.9. The summed E-state index contributed by atoms with van der Waals surface area (Å²) in [6.45, 7) is 10.2. The highest BCUT2D eigenvalue weighted by Gasteiger charge is 2.35. The standard InChI is InChI=1S/C17H32N2O2/c1-12-6-5-7-13(2)19(12)17(21)14(3)18-10-8-16(9-11-18)15(4)20/h12-16,20H,5-11H2,1-4H3. The van der Waals surface area contributed by atoms with E-state index in [-0.39, 0.29) is 12.1 Å². The Balaban J connectivity index is 1.93. The van der Waals surface area contributed by atoms with E-state index < -0.39 is 0 Å². The first-order chi connectivity index (χ1) is 9.91. The molecule has 122 valence electrons. The zero-order chi connectivity index (χ0) is 15.6. The van der Waals surface area contributed by atoms with Crippen LogP contribution in [-0.2, 0) is 4.79 Å². The highest BCUT2D eigenvalue weighted by atomic mass is 16.3. The van der Waals surface area contributed by atoms with Crippen molar-refractivity contribution in [1.29, 1.82) is 0 Å². The molecule has 0 aliphatic carbocycles. The number of rotatable bonds is 3. The summed E-state index contributed by atoms with van der Waals surface area (Å²) in [5, 5.41) is 9.69. The van der Waals surface area contributed by atoms with Gasteiger partial charge in [-0.1, -0.05) is 0 Å². The van der Waals surface area contributed by atoms with E-state index in [2.05, 4.69) is 30.6 Å². The summed E-state index contributed by atoms with van der Waals surface area (Å²) in [4.78, 5) is 17.3. The van der Waals surface area contributed by atoms with Gasteiger partial charge in [0.25, 0.3) is 0 Å². The molecule has 2 saturated heterocycles. The molecule has 4 heteroatoms. The summed E-state index contributed by atoms with van der Waals surface area (Å²) >= 11 is 0. The lowest BCUT2D eigenvalue weighted by Gasteiger charge is -2.43. The van der Waals surface area contributed by atoms with Crippen molar-refractivity contribution in [2.45, 2.75) is 84.0 Å². The molecule has 2 fully saturated rings. The van der Waals surface area contributed by atoms with Crippen LogP contribution in [0.1, 0.15) is 59.8 Å². The summed E-state index contributed by atoms with van der Waals surface area (Å²) in [5.41, 5.74) is 0. The van der Waals surface area contributed by atoms with Gasteiger partial charge in [0.2, 0.25) is 5.91 Å². The smallest absolute Gasteiger partial charge is 0.240 e. The van der Waals surface area contributed by atoms with Gasteiger partial charge < -0.3 is 10.0 Å². The molecule has 2 heterocycles. The van der Waals surface area contributed by atoms with Crippen LogP contribution < -0.4 is 0 Å². The molecule has 0 aromatic heterocycles. The average molecular weight is 296 g/mol. The highest BCUT2D eigenvalue weighted by Crippen LogP contribution is 2.26. The molecule has 1 N–H and O–H groups in total. The van der Waals surface area contributed by atoms with E-state index in [0.29, 0.717) is 23.9 Å². The second-order valence-electron chi connectivity index (χ2n) is 7.16. The van der Waals surface area contributed by atoms with Crippen LogP contribution in [-0.4, -0.2) is 58.1 Å². The Morgan fingerprint density at radius 1 is 1.05 bits per heavy atom. The van der Waals surface area contributed by atoms with Gasteiger partial charge in [-0.05, 0) is 78.8 Å². The molecule has 0 aromatic carbocycles. The second-order valence-corrected chi connectivity index (χ2v) is 7.16. The first-order valence-corrected chi connectivity index (χ1v) is 8.66. The van der Waals surface area contributed by atoms with Crippen molar-refractivity contribution < 1.29 is 9.90 Å². The molecule has 0 spiro atoms. The van der Waals surface area contributed by atoms with Crippen molar-refractivity contribution in [1.82, 2.24) is 9.80 Å². The van der Waals surface area contributed by atoms with E-state index in [1.807, 2.05) is 6.92 Å². The third kappa shape index (κ3) is 3.78. The van der Waals surface area contributed by atoms with E-state index >= 15 is 0 Å². The minimum absolute atomic E-state index is 0.0250. The Morgan fingerprint density at radius 2 is 1.57 bits per heavy atom. The van der Waals surface area contributed by atoms with Gasteiger partial charge in [0.05, 0.1) is 12.1 Å². The number of hydrogen-bond acceptors (Lipinski definition) is 3. The van der Waals surface area contributed by atoms with Crippen LogP contribution in [0.15, 0.2) is 0 Å². The fourth-order valence-corrected chi connectivity index (χ4v) is 4.02. The van der Waals surface area contributed by atoms with Crippen molar-refractivity contribution in [3.63, 3.8) is 0 Å². The molecule has 4 atom stereocenters. The Labute approximate surface area is 129 Å². The number of hydrogen-bond donors (Lipinski definition) is 1. The SMILES string of the molecule is CC(O)C1CCN(C(C)C(=O)N2C(C)CCCC2C)CC1. The number of aliphatic hydroxyl groups is 1. The highest BCUT2D eigenvalue weighted by molar-refractivity contribution is 5.82. The molecule has 0 aromatic rings. The number of nitrogens with zero attached hydrogens (tertiary/aromatic N) is 2. The van der Waals surface area contributed by atoms with Gasteiger partial charge in [-0.2, -0.15) is 0 Å². The third-order valence-corrected chi connectivity index (χ3v) is 5.61. The zero-order valence-corrected chi connectivity index (χ0v) is 14.1. The van der Waals surface area contributed by atoms with Gasteiger partial charge in [-0.25, -0.2) is 0 Å². The summed E-state index contributed by atoms with van der Waals surface area (Å²) < 4.78 is 0. The van der Waals surface area contributed by atoms with Crippen LogP contribution in [0.5, 0.6) is 0 Å². The molecule has 4 unspecified atom stereocenters. The maximum absolute atomic E-state index is 12.9. The van der Waals surface area contributed by atoms with Gasteiger partial charge in [-0.3, -0.25) is 9.69 Å². The zero-order valence-electron chi connectivity index (χ0n) is 14.1. The summed E-state index contributed by atoms with van der Waals surface area (Å²) in [5.74, 6) is 0.696. The molecule has 2 aliphatic heterocycles. The minimum atomic E-state index is -0.222. The van der Waals surface area contributed by atoms with E-state index in [9.17, 15) is 9.90 Å². The Kier molecular flexibility index (Phi) is 5.67. The number of likely N-dealkylation sites (tertiary alicyclic amines) is 2. The fraction of sp³-hybridized carbons (Fsp3) is 0.941. The van der Waals surface area contributed by atoms with Crippen LogP contribution in [0.4, 0.5) is 0 Å². The normalized spacial score (nSPS) is 32.0. The predicted octanol–water partition coefficient (Wildman–Crippen LogP) is 2.26. The number of piperidine rings is 2. The number of carbonyl (C=O) groups excluding carboxylic acids is 1. The van der Waals surface area contributed by atoms with Gasteiger partial charge in [0, 0.05) is 12.1 Å². The van der Waals surface area contributed by atoms with Crippen LogP contribution in [0, 0.1) is 5.92 Å².